The predicted octanol–water partition coefficient (Wildman–Crippen LogP) is 3.20. The van der Waals surface area contributed by atoms with Crippen LogP contribution in [-0.2, 0) is 0 Å². The Morgan fingerprint density at radius 3 is 2.56 bits per heavy atom. The number of nitrogens with two attached hydrogens (primary N) is 1. The first-order chi connectivity index (χ1) is 7.68. The third-order valence-corrected chi connectivity index (χ3v) is 3.26. The van der Waals surface area contributed by atoms with Gasteiger partial charge in [0.1, 0.15) is 0 Å². The SMILES string of the molecule is Cc1ccc(C(N)c2ccccc2Br)cn1. The first kappa shape index (κ1) is 11.3. The highest BCUT2D eigenvalue weighted by molar-refractivity contribution is 9.10. The molecule has 2 rings (SSSR count). The molecule has 2 nitrogen and oxygen atoms in total. The van der Waals surface area contributed by atoms with Gasteiger partial charge in [-0.25, -0.2) is 0 Å². The van der Waals surface area contributed by atoms with Gasteiger partial charge in [-0.15, -0.1) is 0 Å². The zero-order valence-corrected chi connectivity index (χ0v) is 10.6. The average molecular weight is 277 g/mol. The maximum atomic E-state index is 6.20. The Morgan fingerprint density at radius 2 is 1.94 bits per heavy atom. The summed E-state index contributed by atoms with van der Waals surface area (Å²) in [6.45, 7) is 1.97. The molecule has 0 saturated carbocycles. The van der Waals surface area contributed by atoms with Gasteiger partial charge in [-0.05, 0) is 30.2 Å². The van der Waals surface area contributed by atoms with Gasteiger partial charge in [0.2, 0.25) is 0 Å². The predicted molar refractivity (Wildman–Crippen MR) is 69.1 cm³/mol. The van der Waals surface area contributed by atoms with E-state index in [1.165, 1.54) is 0 Å². The smallest absolute Gasteiger partial charge is 0.0578 e. The second-order valence-electron chi connectivity index (χ2n) is 3.73. The van der Waals surface area contributed by atoms with E-state index in [-0.39, 0.29) is 6.04 Å². The van der Waals surface area contributed by atoms with Crippen LogP contribution in [0.2, 0.25) is 0 Å². The molecule has 3 heteroatoms. The van der Waals surface area contributed by atoms with Gasteiger partial charge in [-0.3, -0.25) is 4.98 Å². The maximum Gasteiger partial charge on any atom is 0.0578 e. The van der Waals surface area contributed by atoms with Crippen molar-refractivity contribution in [3.8, 4) is 0 Å². The van der Waals surface area contributed by atoms with E-state index in [0.717, 1.165) is 21.3 Å². The van der Waals surface area contributed by atoms with Gasteiger partial charge in [-0.2, -0.15) is 0 Å². The van der Waals surface area contributed by atoms with Crippen LogP contribution in [0.4, 0.5) is 0 Å². The quantitative estimate of drug-likeness (QED) is 0.915. The van der Waals surface area contributed by atoms with E-state index in [1.54, 1.807) is 0 Å². The number of benzene rings is 1. The topological polar surface area (TPSA) is 38.9 Å². The Hall–Kier alpha value is -1.19. The summed E-state index contributed by atoms with van der Waals surface area (Å²) in [5, 5.41) is 0. The summed E-state index contributed by atoms with van der Waals surface area (Å²) < 4.78 is 1.03. The fourth-order valence-electron chi connectivity index (χ4n) is 1.57. The molecular formula is C13H13BrN2. The number of pyridine rings is 1. The summed E-state index contributed by atoms with van der Waals surface area (Å²) >= 11 is 3.51. The number of hydrogen-bond donors (Lipinski definition) is 1. The number of aryl methyl sites for hydroxylation is 1. The van der Waals surface area contributed by atoms with Crippen LogP contribution in [-0.4, -0.2) is 4.98 Å². The van der Waals surface area contributed by atoms with Gasteiger partial charge < -0.3 is 5.73 Å². The molecule has 0 radical (unpaired) electrons. The monoisotopic (exact) mass is 276 g/mol. The van der Waals surface area contributed by atoms with Crippen molar-refractivity contribution in [2.24, 2.45) is 5.73 Å². The first-order valence-electron chi connectivity index (χ1n) is 5.11. The average Bonchev–Trinajstić information content (AvgIpc) is 2.30. The minimum atomic E-state index is -0.135. The van der Waals surface area contributed by atoms with Crippen molar-refractivity contribution >= 4 is 15.9 Å². The fraction of sp³-hybridized carbons (Fsp3) is 0.154. The molecule has 16 heavy (non-hydrogen) atoms. The molecule has 82 valence electrons. The number of aromatic nitrogens is 1. The van der Waals surface area contributed by atoms with E-state index in [2.05, 4.69) is 20.9 Å². The minimum Gasteiger partial charge on any atom is -0.320 e. The molecule has 0 spiro atoms. The maximum absolute atomic E-state index is 6.20. The molecule has 0 bridgehead atoms. The molecule has 0 saturated heterocycles. The molecule has 0 aliphatic rings. The Morgan fingerprint density at radius 1 is 1.19 bits per heavy atom. The first-order valence-corrected chi connectivity index (χ1v) is 5.90. The molecule has 0 fully saturated rings. The van der Waals surface area contributed by atoms with E-state index in [4.69, 9.17) is 5.73 Å². The Labute approximate surface area is 104 Å². The third kappa shape index (κ3) is 2.31. The van der Waals surface area contributed by atoms with E-state index < -0.39 is 0 Å². The number of hydrogen-bond acceptors (Lipinski definition) is 2. The Kier molecular flexibility index (Phi) is 3.36. The summed E-state index contributed by atoms with van der Waals surface area (Å²) in [4.78, 5) is 4.26. The second kappa shape index (κ2) is 4.76. The summed E-state index contributed by atoms with van der Waals surface area (Å²) in [5.74, 6) is 0. The summed E-state index contributed by atoms with van der Waals surface area (Å²) in [6, 6.07) is 11.8. The Bertz CT molecular complexity index is 480. The van der Waals surface area contributed by atoms with Gasteiger partial charge in [-0.1, -0.05) is 40.2 Å². The molecule has 1 unspecified atom stereocenters. The van der Waals surface area contributed by atoms with Crippen molar-refractivity contribution in [2.45, 2.75) is 13.0 Å². The lowest BCUT2D eigenvalue weighted by atomic mass is 10.0. The molecule has 2 aromatic rings. The van der Waals surface area contributed by atoms with E-state index in [0.29, 0.717) is 0 Å². The van der Waals surface area contributed by atoms with E-state index in [9.17, 15) is 0 Å². The van der Waals surface area contributed by atoms with Crippen LogP contribution in [0.15, 0.2) is 47.1 Å². The molecule has 1 atom stereocenters. The molecule has 0 aliphatic carbocycles. The van der Waals surface area contributed by atoms with Gasteiger partial charge in [0.25, 0.3) is 0 Å². The van der Waals surface area contributed by atoms with Crippen molar-refractivity contribution in [3.05, 3.63) is 63.9 Å². The largest absolute Gasteiger partial charge is 0.320 e. The highest BCUT2D eigenvalue weighted by Gasteiger charge is 2.11. The molecule has 0 amide bonds. The van der Waals surface area contributed by atoms with Gasteiger partial charge in [0.05, 0.1) is 6.04 Å². The summed E-state index contributed by atoms with van der Waals surface area (Å²) in [5.41, 5.74) is 9.30. The van der Waals surface area contributed by atoms with Crippen molar-refractivity contribution in [2.75, 3.05) is 0 Å². The standard InChI is InChI=1S/C13H13BrN2/c1-9-6-7-10(8-16-9)13(15)11-4-2-3-5-12(11)14/h2-8,13H,15H2,1H3. The van der Waals surface area contributed by atoms with Crippen molar-refractivity contribution in [1.29, 1.82) is 0 Å². The van der Waals surface area contributed by atoms with E-state index in [1.807, 2.05) is 49.5 Å². The highest BCUT2D eigenvalue weighted by atomic mass is 79.9. The molecule has 2 N–H and O–H groups in total. The highest BCUT2D eigenvalue weighted by Crippen LogP contribution is 2.26. The van der Waals surface area contributed by atoms with Gasteiger partial charge in [0.15, 0.2) is 0 Å². The van der Waals surface area contributed by atoms with E-state index >= 15 is 0 Å². The normalized spacial score (nSPS) is 12.4. The molecular weight excluding hydrogens is 264 g/mol. The second-order valence-corrected chi connectivity index (χ2v) is 4.59. The van der Waals surface area contributed by atoms with Gasteiger partial charge in [0, 0.05) is 16.4 Å². The van der Waals surface area contributed by atoms with Crippen LogP contribution in [0.25, 0.3) is 0 Å². The third-order valence-electron chi connectivity index (χ3n) is 2.53. The van der Waals surface area contributed by atoms with Crippen molar-refractivity contribution in [3.63, 3.8) is 0 Å². The van der Waals surface area contributed by atoms with Crippen LogP contribution in [0.3, 0.4) is 0 Å². The number of nitrogens with zero attached hydrogens (tertiary/aromatic N) is 1. The zero-order chi connectivity index (χ0) is 11.5. The summed E-state index contributed by atoms with van der Waals surface area (Å²) in [6.07, 6.45) is 1.83. The molecule has 1 aromatic carbocycles. The van der Waals surface area contributed by atoms with Crippen LogP contribution < -0.4 is 5.73 Å². The number of halogens is 1. The Balaban J connectivity index is 2.35. The van der Waals surface area contributed by atoms with Crippen molar-refractivity contribution in [1.82, 2.24) is 4.98 Å². The fourth-order valence-corrected chi connectivity index (χ4v) is 2.10. The summed E-state index contributed by atoms with van der Waals surface area (Å²) in [7, 11) is 0. The van der Waals surface area contributed by atoms with Crippen LogP contribution >= 0.6 is 15.9 Å². The van der Waals surface area contributed by atoms with Crippen molar-refractivity contribution < 1.29 is 0 Å². The molecule has 1 heterocycles. The minimum absolute atomic E-state index is 0.135. The lowest BCUT2D eigenvalue weighted by Crippen LogP contribution is -2.12. The molecule has 1 aromatic heterocycles. The van der Waals surface area contributed by atoms with Crippen LogP contribution in [0, 0.1) is 6.92 Å². The number of rotatable bonds is 2. The van der Waals surface area contributed by atoms with Crippen LogP contribution in [0.5, 0.6) is 0 Å². The molecule has 0 aliphatic heterocycles. The van der Waals surface area contributed by atoms with Gasteiger partial charge >= 0.3 is 0 Å². The lowest BCUT2D eigenvalue weighted by Gasteiger charge is -2.13. The lowest BCUT2D eigenvalue weighted by molar-refractivity contribution is 0.855. The zero-order valence-electron chi connectivity index (χ0n) is 9.02. The van der Waals surface area contributed by atoms with Crippen LogP contribution in [0.1, 0.15) is 22.9 Å².